The van der Waals surface area contributed by atoms with Gasteiger partial charge >= 0.3 is 0 Å². The zero-order valence-electron chi connectivity index (χ0n) is 21.8. The molecule has 192 valence electrons. The van der Waals surface area contributed by atoms with Gasteiger partial charge in [-0.1, -0.05) is 74.1 Å². The van der Waals surface area contributed by atoms with E-state index < -0.39 is 0 Å². The molecule has 37 heavy (non-hydrogen) atoms. The molecule has 0 radical (unpaired) electrons. The number of carbonyl (C=O) groups excluding carboxylic acids is 1. The quantitative estimate of drug-likeness (QED) is 0.238. The standard InChI is InChI=1S/C30H34N4O2S/c1-21(2)26-12-8-9-13-27(26)34-29(24-16-18-25(36-4)19-17-24)32-33-30(34)37-20-28(35)31-22(3)14-15-23-10-6-5-7-11-23/h5-13,16-19,21-22H,14-15,20H2,1-4H3,(H,31,35). The molecule has 6 nitrogen and oxygen atoms in total. The fraction of sp³-hybridized carbons (Fsp3) is 0.300. The van der Waals surface area contributed by atoms with Crippen LogP contribution >= 0.6 is 11.8 Å². The van der Waals surface area contributed by atoms with Crippen LogP contribution in [0.2, 0.25) is 0 Å². The van der Waals surface area contributed by atoms with Gasteiger partial charge in [0.2, 0.25) is 5.91 Å². The molecule has 1 aromatic heterocycles. The summed E-state index contributed by atoms with van der Waals surface area (Å²) in [6, 6.07) is 26.5. The Morgan fingerprint density at radius 2 is 1.65 bits per heavy atom. The lowest BCUT2D eigenvalue weighted by molar-refractivity contribution is -0.119. The molecule has 4 aromatic rings. The molecule has 0 saturated carbocycles. The Labute approximate surface area is 223 Å². The number of nitrogens with zero attached hydrogens (tertiary/aromatic N) is 3. The van der Waals surface area contributed by atoms with Crippen molar-refractivity contribution >= 4 is 17.7 Å². The monoisotopic (exact) mass is 514 g/mol. The first-order chi connectivity index (χ1) is 18.0. The van der Waals surface area contributed by atoms with E-state index in [0.717, 1.165) is 35.7 Å². The third kappa shape index (κ3) is 6.80. The molecular weight excluding hydrogens is 480 g/mol. The third-order valence-corrected chi connectivity index (χ3v) is 7.16. The molecule has 0 aliphatic rings. The van der Waals surface area contributed by atoms with E-state index in [-0.39, 0.29) is 17.7 Å². The van der Waals surface area contributed by atoms with Crippen LogP contribution in [0.4, 0.5) is 0 Å². The zero-order chi connectivity index (χ0) is 26.2. The van der Waals surface area contributed by atoms with E-state index in [1.807, 2.05) is 54.6 Å². The van der Waals surface area contributed by atoms with Crippen molar-refractivity contribution in [3.05, 3.63) is 90.0 Å². The Kier molecular flexibility index (Phi) is 9.01. The highest BCUT2D eigenvalue weighted by Crippen LogP contribution is 2.32. The summed E-state index contributed by atoms with van der Waals surface area (Å²) in [5, 5.41) is 12.9. The number of aryl methyl sites for hydroxylation is 1. The minimum atomic E-state index is -0.0109. The van der Waals surface area contributed by atoms with Crippen molar-refractivity contribution in [2.45, 2.75) is 50.7 Å². The van der Waals surface area contributed by atoms with E-state index in [1.54, 1.807) is 7.11 Å². The van der Waals surface area contributed by atoms with Gasteiger partial charge in [-0.05, 0) is 67.1 Å². The fourth-order valence-electron chi connectivity index (χ4n) is 4.23. The number of amides is 1. The Balaban J connectivity index is 1.52. The molecule has 4 rings (SSSR count). The number of hydrogen-bond donors (Lipinski definition) is 1. The first-order valence-corrected chi connectivity index (χ1v) is 13.6. The average molecular weight is 515 g/mol. The van der Waals surface area contributed by atoms with Crippen molar-refractivity contribution in [2.24, 2.45) is 0 Å². The van der Waals surface area contributed by atoms with Gasteiger partial charge in [-0.3, -0.25) is 9.36 Å². The second-order valence-corrected chi connectivity index (χ2v) is 10.3. The zero-order valence-corrected chi connectivity index (χ0v) is 22.7. The van der Waals surface area contributed by atoms with Gasteiger partial charge in [-0.15, -0.1) is 10.2 Å². The number of benzene rings is 3. The number of para-hydroxylation sites is 1. The van der Waals surface area contributed by atoms with Crippen LogP contribution in [0.15, 0.2) is 84.0 Å². The number of hydrogen-bond acceptors (Lipinski definition) is 5. The highest BCUT2D eigenvalue weighted by molar-refractivity contribution is 7.99. The number of rotatable bonds is 11. The van der Waals surface area contributed by atoms with E-state index >= 15 is 0 Å². The Bertz CT molecular complexity index is 1300. The number of methoxy groups -OCH3 is 1. The van der Waals surface area contributed by atoms with Crippen LogP contribution in [0.1, 0.15) is 44.2 Å². The first-order valence-electron chi connectivity index (χ1n) is 12.6. The second kappa shape index (κ2) is 12.6. The van der Waals surface area contributed by atoms with Gasteiger partial charge in [-0.2, -0.15) is 0 Å². The third-order valence-electron chi connectivity index (χ3n) is 6.23. The second-order valence-electron chi connectivity index (χ2n) is 9.37. The lowest BCUT2D eigenvalue weighted by Gasteiger charge is -2.17. The van der Waals surface area contributed by atoms with Gasteiger partial charge in [-0.25, -0.2) is 0 Å². The van der Waals surface area contributed by atoms with E-state index in [9.17, 15) is 4.79 Å². The lowest BCUT2D eigenvalue weighted by atomic mass is 10.0. The van der Waals surface area contributed by atoms with Gasteiger partial charge in [0.1, 0.15) is 5.75 Å². The van der Waals surface area contributed by atoms with Crippen LogP contribution in [-0.4, -0.2) is 39.6 Å². The van der Waals surface area contributed by atoms with Crippen LogP contribution in [0.25, 0.3) is 17.1 Å². The van der Waals surface area contributed by atoms with E-state index in [0.29, 0.717) is 11.1 Å². The molecule has 0 saturated heterocycles. The predicted molar refractivity (Wildman–Crippen MR) is 151 cm³/mol. The molecule has 0 aliphatic carbocycles. The summed E-state index contributed by atoms with van der Waals surface area (Å²) in [4.78, 5) is 12.8. The number of carbonyl (C=O) groups is 1. The number of thioether (sulfide) groups is 1. The summed E-state index contributed by atoms with van der Waals surface area (Å²) in [7, 11) is 1.65. The molecule has 1 N–H and O–H groups in total. The topological polar surface area (TPSA) is 69.0 Å². The van der Waals surface area contributed by atoms with Crippen LogP contribution in [0.3, 0.4) is 0 Å². The largest absolute Gasteiger partial charge is 0.497 e. The van der Waals surface area contributed by atoms with Gasteiger partial charge in [0, 0.05) is 11.6 Å². The molecule has 1 amide bonds. The predicted octanol–water partition coefficient (Wildman–Crippen LogP) is 6.30. The average Bonchev–Trinajstić information content (AvgIpc) is 3.35. The summed E-state index contributed by atoms with van der Waals surface area (Å²) in [5.41, 5.74) is 4.42. The Morgan fingerprint density at radius 1 is 0.946 bits per heavy atom. The van der Waals surface area contributed by atoms with Crippen molar-refractivity contribution in [3.63, 3.8) is 0 Å². The highest BCUT2D eigenvalue weighted by atomic mass is 32.2. The lowest BCUT2D eigenvalue weighted by Crippen LogP contribution is -2.34. The summed E-state index contributed by atoms with van der Waals surface area (Å²) < 4.78 is 7.39. The van der Waals surface area contributed by atoms with Gasteiger partial charge < -0.3 is 10.1 Å². The van der Waals surface area contributed by atoms with Crippen LogP contribution in [-0.2, 0) is 11.2 Å². The first kappa shape index (κ1) is 26.5. The van der Waals surface area contributed by atoms with Crippen molar-refractivity contribution in [1.29, 1.82) is 0 Å². The smallest absolute Gasteiger partial charge is 0.230 e. The summed E-state index contributed by atoms with van der Waals surface area (Å²) >= 11 is 1.40. The normalized spacial score (nSPS) is 11.9. The fourth-order valence-corrected chi connectivity index (χ4v) is 4.99. The van der Waals surface area contributed by atoms with Crippen molar-refractivity contribution in [1.82, 2.24) is 20.1 Å². The molecule has 7 heteroatoms. The molecule has 1 atom stereocenters. The SMILES string of the molecule is COc1ccc(-c2nnc(SCC(=O)NC(C)CCc3ccccc3)n2-c2ccccc2C(C)C)cc1. The summed E-state index contributed by atoms with van der Waals surface area (Å²) in [6.45, 7) is 6.40. The minimum absolute atomic E-state index is 0.0109. The Morgan fingerprint density at radius 3 is 2.35 bits per heavy atom. The summed E-state index contributed by atoms with van der Waals surface area (Å²) in [5.74, 6) is 2.08. The molecule has 3 aromatic carbocycles. The van der Waals surface area contributed by atoms with Crippen LogP contribution in [0, 0.1) is 0 Å². The molecule has 0 spiro atoms. The molecule has 0 bridgehead atoms. The Hall–Kier alpha value is -3.58. The van der Waals surface area contributed by atoms with E-state index in [4.69, 9.17) is 4.74 Å². The molecule has 0 fully saturated rings. The molecule has 1 unspecified atom stereocenters. The van der Waals surface area contributed by atoms with Gasteiger partial charge in [0.15, 0.2) is 11.0 Å². The minimum Gasteiger partial charge on any atom is -0.497 e. The summed E-state index contributed by atoms with van der Waals surface area (Å²) in [6.07, 6.45) is 1.82. The van der Waals surface area contributed by atoms with Crippen LogP contribution < -0.4 is 10.1 Å². The maximum Gasteiger partial charge on any atom is 0.230 e. The molecule has 0 aliphatic heterocycles. The van der Waals surface area contributed by atoms with Crippen molar-refractivity contribution in [2.75, 3.05) is 12.9 Å². The van der Waals surface area contributed by atoms with E-state index in [2.05, 4.69) is 65.1 Å². The van der Waals surface area contributed by atoms with E-state index in [1.165, 1.54) is 22.9 Å². The number of nitrogens with one attached hydrogen (secondary N) is 1. The van der Waals surface area contributed by atoms with Crippen molar-refractivity contribution in [3.8, 4) is 22.8 Å². The number of ether oxygens (including phenoxy) is 1. The van der Waals surface area contributed by atoms with Crippen LogP contribution in [0.5, 0.6) is 5.75 Å². The number of aromatic nitrogens is 3. The highest BCUT2D eigenvalue weighted by Gasteiger charge is 2.20. The molecular formula is C30H34N4O2S. The van der Waals surface area contributed by atoms with Gasteiger partial charge in [0.25, 0.3) is 0 Å². The maximum atomic E-state index is 12.8. The molecule has 1 heterocycles. The van der Waals surface area contributed by atoms with Gasteiger partial charge in [0.05, 0.1) is 18.6 Å². The van der Waals surface area contributed by atoms with Crippen molar-refractivity contribution < 1.29 is 9.53 Å². The maximum absolute atomic E-state index is 12.8.